The van der Waals surface area contributed by atoms with E-state index in [4.69, 9.17) is 0 Å². The number of aromatic nitrogens is 5. The van der Waals surface area contributed by atoms with Crippen molar-refractivity contribution in [3.63, 3.8) is 0 Å². The van der Waals surface area contributed by atoms with Crippen LogP contribution in [-0.4, -0.2) is 35.8 Å². The highest BCUT2D eigenvalue weighted by molar-refractivity contribution is 5.97. The summed E-state index contributed by atoms with van der Waals surface area (Å²) in [5.41, 5.74) is -0.0145. The van der Waals surface area contributed by atoms with Gasteiger partial charge in [0.2, 0.25) is 0 Å². The molecule has 2 aromatic heterocycles. The van der Waals surface area contributed by atoms with E-state index in [1.807, 2.05) is 51.1 Å². The molecule has 8 heteroatoms. The fourth-order valence-corrected chi connectivity index (χ4v) is 2.85. The SMILES string of the molecule is CC(C)(C)c1nn2cnnc2n(/N=C/c2ccc3ccccc3c2O)c1=O. The zero-order valence-corrected chi connectivity index (χ0v) is 15.2. The van der Waals surface area contributed by atoms with Crippen LogP contribution in [0.2, 0.25) is 0 Å². The number of benzene rings is 2. The van der Waals surface area contributed by atoms with Gasteiger partial charge in [0.15, 0.2) is 0 Å². The number of rotatable bonds is 2. The predicted octanol–water partition coefficient (Wildman–Crippen LogP) is 2.32. The minimum absolute atomic E-state index is 0.104. The second-order valence-corrected chi connectivity index (χ2v) is 7.26. The maximum Gasteiger partial charge on any atom is 0.298 e. The Kier molecular flexibility index (Phi) is 3.76. The van der Waals surface area contributed by atoms with Crippen LogP contribution in [0.3, 0.4) is 0 Å². The summed E-state index contributed by atoms with van der Waals surface area (Å²) in [6.07, 6.45) is 2.85. The fourth-order valence-electron chi connectivity index (χ4n) is 2.85. The first-order chi connectivity index (χ1) is 12.9. The molecule has 0 spiro atoms. The van der Waals surface area contributed by atoms with Crippen LogP contribution in [0, 0.1) is 0 Å². The van der Waals surface area contributed by atoms with Gasteiger partial charge < -0.3 is 5.11 Å². The van der Waals surface area contributed by atoms with E-state index in [2.05, 4.69) is 20.4 Å². The van der Waals surface area contributed by atoms with E-state index in [1.165, 1.54) is 17.1 Å². The topological polar surface area (TPSA) is 97.7 Å². The highest BCUT2D eigenvalue weighted by Crippen LogP contribution is 2.27. The van der Waals surface area contributed by atoms with E-state index >= 15 is 0 Å². The van der Waals surface area contributed by atoms with Gasteiger partial charge in [-0.15, -0.1) is 10.2 Å². The minimum Gasteiger partial charge on any atom is -0.507 e. The molecule has 0 saturated heterocycles. The standard InChI is InChI=1S/C19H18N6O2/c1-19(2,3)16-17(27)25(18-22-20-11-24(18)23-16)21-10-13-9-8-12-6-4-5-7-14(12)15(13)26/h4-11,26H,1-3H3/b21-10+. The number of aromatic hydroxyl groups is 1. The molecular formula is C19H18N6O2. The molecule has 2 heterocycles. The normalized spacial score (nSPS) is 12.4. The number of fused-ring (bicyclic) bond motifs is 2. The van der Waals surface area contributed by atoms with Crippen molar-refractivity contribution in [2.24, 2.45) is 5.10 Å². The van der Waals surface area contributed by atoms with Crippen molar-refractivity contribution in [2.45, 2.75) is 26.2 Å². The summed E-state index contributed by atoms with van der Waals surface area (Å²) >= 11 is 0. The van der Waals surface area contributed by atoms with Crippen molar-refractivity contribution in [1.29, 1.82) is 0 Å². The number of hydrogen-bond acceptors (Lipinski definition) is 6. The smallest absolute Gasteiger partial charge is 0.298 e. The van der Waals surface area contributed by atoms with Crippen LogP contribution in [0.1, 0.15) is 32.0 Å². The largest absolute Gasteiger partial charge is 0.507 e. The third-order valence-electron chi connectivity index (χ3n) is 4.26. The molecular weight excluding hydrogens is 344 g/mol. The van der Waals surface area contributed by atoms with Crippen LogP contribution >= 0.6 is 0 Å². The van der Waals surface area contributed by atoms with Crippen molar-refractivity contribution in [3.8, 4) is 5.75 Å². The molecule has 0 atom stereocenters. The molecule has 0 aliphatic heterocycles. The maximum atomic E-state index is 12.9. The first-order valence-corrected chi connectivity index (χ1v) is 8.45. The number of phenols is 1. The maximum absolute atomic E-state index is 12.9. The number of hydrogen-bond donors (Lipinski definition) is 1. The third kappa shape index (κ3) is 2.84. The summed E-state index contributed by atoms with van der Waals surface area (Å²) in [7, 11) is 0. The summed E-state index contributed by atoms with van der Waals surface area (Å²) in [6.45, 7) is 5.70. The lowest BCUT2D eigenvalue weighted by molar-refractivity contribution is 0.480. The second-order valence-electron chi connectivity index (χ2n) is 7.26. The quantitative estimate of drug-likeness (QED) is 0.552. The lowest BCUT2D eigenvalue weighted by Gasteiger charge is -2.16. The first kappa shape index (κ1) is 16.9. The van der Waals surface area contributed by atoms with Crippen molar-refractivity contribution < 1.29 is 5.11 Å². The average Bonchev–Trinajstić information content (AvgIpc) is 3.10. The average molecular weight is 362 g/mol. The molecule has 0 radical (unpaired) electrons. The summed E-state index contributed by atoms with van der Waals surface area (Å²) in [5, 5.41) is 28.5. The van der Waals surface area contributed by atoms with Crippen molar-refractivity contribution in [3.05, 3.63) is 64.3 Å². The van der Waals surface area contributed by atoms with Gasteiger partial charge in [0.25, 0.3) is 11.3 Å². The van der Waals surface area contributed by atoms with Crippen LogP contribution in [0.4, 0.5) is 0 Å². The van der Waals surface area contributed by atoms with Crippen molar-refractivity contribution in [1.82, 2.24) is 24.5 Å². The van der Waals surface area contributed by atoms with Crippen LogP contribution in [0.25, 0.3) is 16.6 Å². The molecule has 4 aromatic rings. The third-order valence-corrected chi connectivity index (χ3v) is 4.26. The molecule has 0 aliphatic rings. The molecule has 0 aliphatic carbocycles. The summed E-state index contributed by atoms with van der Waals surface area (Å²) < 4.78 is 2.56. The highest BCUT2D eigenvalue weighted by atomic mass is 16.3. The number of nitrogens with zero attached hydrogens (tertiary/aromatic N) is 6. The Bertz CT molecular complexity index is 1250. The van der Waals surface area contributed by atoms with Gasteiger partial charge in [-0.2, -0.15) is 19.4 Å². The van der Waals surface area contributed by atoms with E-state index in [1.54, 1.807) is 6.07 Å². The van der Waals surface area contributed by atoms with Crippen LogP contribution < -0.4 is 5.56 Å². The van der Waals surface area contributed by atoms with Crippen LogP contribution in [0.15, 0.2) is 52.6 Å². The van der Waals surface area contributed by atoms with Gasteiger partial charge in [-0.05, 0) is 11.5 Å². The lowest BCUT2D eigenvalue weighted by Crippen LogP contribution is -2.33. The van der Waals surface area contributed by atoms with Gasteiger partial charge in [0.1, 0.15) is 17.8 Å². The first-order valence-electron chi connectivity index (χ1n) is 8.45. The molecule has 0 bridgehead atoms. The van der Waals surface area contributed by atoms with Gasteiger partial charge in [-0.3, -0.25) is 4.79 Å². The Hall–Kier alpha value is -3.55. The Morgan fingerprint density at radius 1 is 1.15 bits per heavy atom. The Labute approximate surface area is 154 Å². The zero-order valence-electron chi connectivity index (χ0n) is 15.2. The second kappa shape index (κ2) is 6.01. The molecule has 0 saturated carbocycles. The lowest BCUT2D eigenvalue weighted by atomic mass is 9.93. The molecule has 8 nitrogen and oxygen atoms in total. The molecule has 0 amide bonds. The van der Waals surface area contributed by atoms with Crippen LogP contribution in [0.5, 0.6) is 5.75 Å². The van der Waals surface area contributed by atoms with E-state index in [9.17, 15) is 9.90 Å². The summed E-state index contributed by atoms with van der Waals surface area (Å²) in [4.78, 5) is 12.9. The summed E-state index contributed by atoms with van der Waals surface area (Å²) in [5.74, 6) is 0.303. The molecule has 1 N–H and O–H groups in total. The van der Waals surface area contributed by atoms with E-state index in [0.29, 0.717) is 16.6 Å². The van der Waals surface area contributed by atoms with E-state index in [0.717, 1.165) is 10.1 Å². The molecule has 0 fully saturated rings. The van der Waals surface area contributed by atoms with E-state index in [-0.39, 0.29) is 17.1 Å². The van der Waals surface area contributed by atoms with Crippen molar-refractivity contribution in [2.75, 3.05) is 0 Å². The Morgan fingerprint density at radius 3 is 2.70 bits per heavy atom. The molecule has 4 rings (SSSR count). The van der Waals surface area contributed by atoms with E-state index < -0.39 is 5.41 Å². The van der Waals surface area contributed by atoms with Gasteiger partial charge in [-0.1, -0.05) is 51.1 Å². The Balaban J connectivity index is 1.89. The van der Waals surface area contributed by atoms with Gasteiger partial charge in [-0.25, -0.2) is 0 Å². The molecule has 27 heavy (non-hydrogen) atoms. The molecule has 136 valence electrons. The monoisotopic (exact) mass is 362 g/mol. The van der Waals surface area contributed by atoms with Gasteiger partial charge in [0, 0.05) is 16.4 Å². The van der Waals surface area contributed by atoms with Gasteiger partial charge >= 0.3 is 0 Å². The fraction of sp³-hybridized carbons (Fsp3) is 0.211. The molecule has 2 aromatic carbocycles. The van der Waals surface area contributed by atoms with Crippen molar-refractivity contribution >= 4 is 22.8 Å². The molecule has 0 unspecified atom stereocenters. The van der Waals surface area contributed by atoms with Crippen LogP contribution in [-0.2, 0) is 5.41 Å². The highest BCUT2D eigenvalue weighted by Gasteiger charge is 2.23. The number of phenolic OH excluding ortho intramolecular Hbond substituents is 1. The summed E-state index contributed by atoms with van der Waals surface area (Å²) in [6, 6.07) is 11.1. The zero-order chi connectivity index (χ0) is 19.2. The predicted molar refractivity (Wildman–Crippen MR) is 102 cm³/mol. The van der Waals surface area contributed by atoms with Gasteiger partial charge in [0.05, 0.1) is 6.21 Å². The Morgan fingerprint density at radius 2 is 1.93 bits per heavy atom. The minimum atomic E-state index is -0.474.